The number of benzene rings is 3. The van der Waals surface area contributed by atoms with Gasteiger partial charge in [-0.2, -0.15) is 0 Å². The number of amides is 2. The van der Waals surface area contributed by atoms with Gasteiger partial charge in [-0.15, -0.1) is 0 Å². The summed E-state index contributed by atoms with van der Waals surface area (Å²) in [5, 5.41) is 6.70. The zero-order valence-electron chi connectivity index (χ0n) is 20.7. The summed E-state index contributed by atoms with van der Waals surface area (Å²) < 4.78 is 5.63. The molecule has 3 aromatic carbocycles. The van der Waals surface area contributed by atoms with E-state index in [0.29, 0.717) is 48.1 Å². The van der Waals surface area contributed by atoms with E-state index in [1.54, 1.807) is 48.5 Å². The maximum Gasteiger partial charge on any atom is 0.257 e. The minimum Gasteiger partial charge on any atom is -0.491 e. The lowest BCUT2D eigenvalue weighted by atomic mass is 10.1. The molecular formula is C28H29ClN4O3S. The van der Waals surface area contributed by atoms with Crippen LogP contribution in [0.4, 0.5) is 11.4 Å². The van der Waals surface area contributed by atoms with Crippen LogP contribution in [0.1, 0.15) is 34.6 Å². The van der Waals surface area contributed by atoms with Crippen LogP contribution in [-0.4, -0.2) is 54.1 Å². The molecule has 0 bridgehead atoms. The molecule has 0 radical (unpaired) electrons. The van der Waals surface area contributed by atoms with Crippen molar-refractivity contribution in [3.8, 4) is 5.75 Å². The summed E-state index contributed by atoms with van der Waals surface area (Å²) in [7, 11) is 0. The standard InChI is InChI=1S/C28H29ClN4O3S/c1-19(2)36-23-13-9-20(10-14-23)26(34)31-28(37)30-24-5-3-4-6-25(24)32-15-17-33(18-16-32)27(35)21-7-11-22(29)12-8-21/h3-14,19H,15-18H2,1-2H3,(H2,30,31,34,37). The zero-order valence-corrected chi connectivity index (χ0v) is 22.3. The smallest absolute Gasteiger partial charge is 0.257 e. The molecule has 2 N–H and O–H groups in total. The largest absolute Gasteiger partial charge is 0.491 e. The topological polar surface area (TPSA) is 73.9 Å². The van der Waals surface area contributed by atoms with Crippen LogP contribution in [0, 0.1) is 0 Å². The Morgan fingerprint density at radius 1 is 0.892 bits per heavy atom. The van der Waals surface area contributed by atoms with Gasteiger partial charge in [-0.3, -0.25) is 14.9 Å². The SMILES string of the molecule is CC(C)Oc1ccc(C(=O)NC(=S)Nc2ccccc2N2CCN(C(=O)c3ccc(Cl)cc3)CC2)cc1. The fraction of sp³-hybridized carbons (Fsp3) is 0.250. The molecule has 1 aliphatic rings. The van der Waals surface area contributed by atoms with Gasteiger partial charge in [-0.25, -0.2) is 0 Å². The molecule has 0 saturated carbocycles. The molecule has 37 heavy (non-hydrogen) atoms. The summed E-state index contributed by atoms with van der Waals surface area (Å²) in [6.07, 6.45) is 0.0588. The van der Waals surface area contributed by atoms with Crippen LogP contribution in [-0.2, 0) is 0 Å². The number of thiocarbonyl (C=S) groups is 1. The van der Waals surface area contributed by atoms with E-state index in [2.05, 4.69) is 15.5 Å². The number of anilines is 2. The van der Waals surface area contributed by atoms with Crippen molar-refractivity contribution in [2.45, 2.75) is 20.0 Å². The van der Waals surface area contributed by atoms with Gasteiger partial charge in [0, 0.05) is 42.3 Å². The van der Waals surface area contributed by atoms with E-state index in [0.717, 1.165) is 11.4 Å². The molecule has 3 aromatic rings. The average molecular weight is 537 g/mol. The quantitative estimate of drug-likeness (QED) is 0.421. The van der Waals surface area contributed by atoms with Gasteiger partial charge in [0.2, 0.25) is 0 Å². The Morgan fingerprint density at radius 3 is 2.16 bits per heavy atom. The molecule has 0 aromatic heterocycles. The number of piperazine rings is 1. The van der Waals surface area contributed by atoms with Crippen molar-refractivity contribution in [2.75, 3.05) is 36.4 Å². The van der Waals surface area contributed by atoms with Gasteiger partial charge in [-0.1, -0.05) is 23.7 Å². The minimum atomic E-state index is -0.305. The Hall–Kier alpha value is -3.62. The third-order valence-electron chi connectivity index (χ3n) is 5.87. The maximum atomic E-state index is 12.8. The lowest BCUT2D eigenvalue weighted by Crippen LogP contribution is -2.49. The zero-order chi connectivity index (χ0) is 26.4. The van der Waals surface area contributed by atoms with E-state index in [9.17, 15) is 9.59 Å². The van der Waals surface area contributed by atoms with E-state index in [1.165, 1.54) is 0 Å². The van der Waals surface area contributed by atoms with Crippen LogP contribution in [0.3, 0.4) is 0 Å². The molecule has 7 nitrogen and oxygen atoms in total. The third kappa shape index (κ3) is 6.99. The van der Waals surface area contributed by atoms with Gasteiger partial charge in [0.05, 0.1) is 17.5 Å². The van der Waals surface area contributed by atoms with Crippen LogP contribution >= 0.6 is 23.8 Å². The molecule has 1 saturated heterocycles. The van der Waals surface area contributed by atoms with E-state index in [4.69, 9.17) is 28.6 Å². The average Bonchev–Trinajstić information content (AvgIpc) is 2.89. The molecule has 0 atom stereocenters. The van der Waals surface area contributed by atoms with E-state index in [1.807, 2.05) is 43.0 Å². The Balaban J connectivity index is 1.34. The fourth-order valence-corrected chi connectivity index (χ4v) is 4.40. The second kappa shape index (κ2) is 12.1. The number of carbonyl (C=O) groups is 2. The number of ether oxygens (including phenoxy) is 1. The van der Waals surface area contributed by atoms with E-state index < -0.39 is 0 Å². The number of carbonyl (C=O) groups excluding carboxylic acids is 2. The number of hydrogen-bond acceptors (Lipinski definition) is 5. The number of hydrogen-bond donors (Lipinski definition) is 2. The highest BCUT2D eigenvalue weighted by atomic mass is 35.5. The first-order valence-electron chi connectivity index (χ1n) is 12.1. The van der Waals surface area contributed by atoms with Crippen molar-refractivity contribution in [3.05, 3.63) is 88.9 Å². The van der Waals surface area contributed by atoms with E-state index in [-0.39, 0.29) is 23.0 Å². The maximum absolute atomic E-state index is 12.8. The molecule has 0 aliphatic carbocycles. The Bertz CT molecular complexity index is 1260. The van der Waals surface area contributed by atoms with Gasteiger partial charge >= 0.3 is 0 Å². The summed E-state index contributed by atoms with van der Waals surface area (Å²) in [6, 6.07) is 21.7. The monoisotopic (exact) mass is 536 g/mol. The van der Waals surface area contributed by atoms with Crippen molar-refractivity contribution in [3.63, 3.8) is 0 Å². The summed E-state index contributed by atoms with van der Waals surface area (Å²) >= 11 is 11.4. The summed E-state index contributed by atoms with van der Waals surface area (Å²) in [5.74, 6) is 0.395. The first-order chi connectivity index (χ1) is 17.8. The first kappa shape index (κ1) is 26.4. The summed E-state index contributed by atoms with van der Waals surface area (Å²) in [5.41, 5.74) is 2.84. The Labute approximate surface area is 227 Å². The van der Waals surface area contributed by atoms with Gasteiger partial charge in [0.25, 0.3) is 11.8 Å². The highest BCUT2D eigenvalue weighted by Crippen LogP contribution is 2.27. The predicted molar refractivity (Wildman–Crippen MR) is 152 cm³/mol. The molecule has 2 amide bonds. The molecule has 9 heteroatoms. The van der Waals surface area contributed by atoms with Gasteiger partial charge in [0.15, 0.2) is 5.11 Å². The van der Waals surface area contributed by atoms with Crippen molar-refractivity contribution >= 4 is 52.1 Å². The van der Waals surface area contributed by atoms with Crippen molar-refractivity contribution in [1.82, 2.24) is 10.2 Å². The first-order valence-corrected chi connectivity index (χ1v) is 12.9. The number of rotatable bonds is 6. The van der Waals surface area contributed by atoms with Crippen LogP contribution < -0.4 is 20.3 Å². The van der Waals surface area contributed by atoms with Crippen LogP contribution in [0.2, 0.25) is 5.02 Å². The van der Waals surface area contributed by atoms with Gasteiger partial charge in [0.1, 0.15) is 5.75 Å². The molecule has 1 aliphatic heterocycles. The highest BCUT2D eigenvalue weighted by Gasteiger charge is 2.23. The summed E-state index contributed by atoms with van der Waals surface area (Å²) in [4.78, 5) is 29.6. The molecule has 192 valence electrons. The molecule has 4 rings (SSSR count). The third-order valence-corrected chi connectivity index (χ3v) is 6.32. The summed E-state index contributed by atoms with van der Waals surface area (Å²) in [6.45, 7) is 6.41. The van der Waals surface area contributed by atoms with Gasteiger partial charge < -0.3 is 19.9 Å². The van der Waals surface area contributed by atoms with Crippen LogP contribution in [0.25, 0.3) is 0 Å². The highest BCUT2D eigenvalue weighted by molar-refractivity contribution is 7.80. The fourth-order valence-electron chi connectivity index (χ4n) is 4.07. The Kier molecular flexibility index (Phi) is 8.63. The second-order valence-electron chi connectivity index (χ2n) is 8.90. The molecule has 1 fully saturated rings. The molecule has 0 spiro atoms. The number of halogens is 1. The predicted octanol–water partition coefficient (Wildman–Crippen LogP) is 5.22. The van der Waals surface area contributed by atoms with Gasteiger partial charge in [-0.05, 0) is 86.7 Å². The number of para-hydroxylation sites is 2. The number of nitrogens with zero attached hydrogens (tertiary/aromatic N) is 2. The van der Waals surface area contributed by atoms with Crippen molar-refractivity contribution < 1.29 is 14.3 Å². The van der Waals surface area contributed by atoms with Crippen molar-refractivity contribution in [2.24, 2.45) is 0 Å². The lowest BCUT2D eigenvalue weighted by Gasteiger charge is -2.37. The second-order valence-corrected chi connectivity index (χ2v) is 9.75. The van der Waals surface area contributed by atoms with E-state index >= 15 is 0 Å². The molecule has 0 unspecified atom stereocenters. The van der Waals surface area contributed by atoms with Crippen LogP contribution in [0.5, 0.6) is 5.75 Å². The normalized spacial score (nSPS) is 13.3. The lowest BCUT2D eigenvalue weighted by molar-refractivity contribution is 0.0746. The van der Waals surface area contributed by atoms with Crippen LogP contribution in [0.15, 0.2) is 72.8 Å². The minimum absolute atomic E-state index is 0.00424. The number of nitrogens with one attached hydrogen (secondary N) is 2. The van der Waals surface area contributed by atoms with Crippen molar-refractivity contribution in [1.29, 1.82) is 0 Å². The molecular weight excluding hydrogens is 508 g/mol. The molecule has 1 heterocycles. The Morgan fingerprint density at radius 2 is 1.51 bits per heavy atom.